The van der Waals surface area contributed by atoms with E-state index in [4.69, 9.17) is 9.47 Å². The second-order valence-corrected chi connectivity index (χ2v) is 5.20. The van der Waals surface area contributed by atoms with Gasteiger partial charge in [-0.2, -0.15) is 0 Å². The number of nitro groups is 1. The van der Waals surface area contributed by atoms with E-state index in [0.717, 1.165) is 0 Å². The van der Waals surface area contributed by atoms with E-state index < -0.39 is 4.92 Å². The smallest absolute Gasteiger partial charge is 0.277 e. The van der Waals surface area contributed by atoms with Gasteiger partial charge in [0.15, 0.2) is 11.5 Å². The van der Waals surface area contributed by atoms with Gasteiger partial charge in [0, 0.05) is 18.4 Å². The summed E-state index contributed by atoms with van der Waals surface area (Å²) in [6, 6.07) is 2.89. The number of Topliss-reactive ketones (excluding diaryl/α,β-unsaturated/α-hetero) is 1. The first-order chi connectivity index (χ1) is 9.47. The van der Waals surface area contributed by atoms with E-state index in [9.17, 15) is 14.9 Å². The van der Waals surface area contributed by atoms with E-state index in [1.165, 1.54) is 6.07 Å². The summed E-state index contributed by atoms with van der Waals surface area (Å²) in [6.07, 6.45) is 0.455. The lowest BCUT2D eigenvalue weighted by Crippen LogP contribution is -2.16. The van der Waals surface area contributed by atoms with Crippen molar-refractivity contribution in [1.82, 2.24) is 0 Å². The molecule has 1 aromatic rings. The number of nitro benzene ring substituents is 1. The molecule has 0 radical (unpaired) electrons. The molecule has 2 rings (SSSR count). The largest absolute Gasteiger partial charge is 0.486 e. The minimum absolute atomic E-state index is 0.0141. The Morgan fingerprint density at radius 3 is 2.45 bits per heavy atom. The highest BCUT2D eigenvalue weighted by Gasteiger charge is 2.23. The second-order valence-electron chi connectivity index (χ2n) is 5.20. The van der Waals surface area contributed by atoms with Crippen molar-refractivity contribution < 1.29 is 19.2 Å². The van der Waals surface area contributed by atoms with Crippen LogP contribution in [0, 0.1) is 16.0 Å². The van der Waals surface area contributed by atoms with Crippen molar-refractivity contribution in [2.45, 2.75) is 26.7 Å². The van der Waals surface area contributed by atoms with Gasteiger partial charge in [0.2, 0.25) is 0 Å². The van der Waals surface area contributed by atoms with E-state index in [1.807, 2.05) is 13.8 Å². The highest BCUT2D eigenvalue weighted by Crippen LogP contribution is 2.36. The molecule has 0 aromatic heterocycles. The predicted octanol–water partition coefficient (Wildman–Crippen LogP) is 2.52. The Hall–Kier alpha value is -2.11. The van der Waals surface area contributed by atoms with Gasteiger partial charge in [-0.3, -0.25) is 14.9 Å². The third-order valence-electron chi connectivity index (χ3n) is 2.96. The lowest BCUT2D eigenvalue weighted by molar-refractivity contribution is -0.385. The minimum Gasteiger partial charge on any atom is -0.486 e. The maximum absolute atomic E-state index is 11.9. The number of carbonyl (C=O) groups is 1. The fourth-order valence-corrected chi connectivity index (χ4v) is 2.17. The van der Waals surface area contributed by atoms with E-state index in [1.54, 1.807) is 6.07 Å². The first-order valence-electron chi connectivity index (χ1n) is 6.56. The Morgan fingerprint density at radius 2 is 1.90 bits per heavy atom. The van der Waals surface area contributed by atoms with E-state index in [0.29, 0.717) is 36.7 Å². The number of fused-ring (bicyclic) bond motifs is 1. The quantitative estimate of drug-likeness (QED) is 0.611. The van der Waals surface area contributed by atoms with Gasteiger partial charge < -0.3 is 9.47 Å². The topological polar surface area (TPSA) is 78.7 Å². The van der Waals surface area contributed by atoms with Crippen molar-refractivity contribution in [2.75, 3.05) is 13.2 Å². The van der Waals surface area contributed by atoms with Gasteiger partial charge in [-0.05, 0) is 12.0 Å². The average Bonchev–Trinajstić information content (AvgIpc) is 2.36. The number of nitrogens with zero attached hydrogens (tertiary/aromatic N) is 1. The summed E-state index contributed by atoms with van der Waals surface area (Å²) in [7, 11) is 0. The summed E-state index contributed by atoms with van der Waals surface area (Å²) >= 11 is 0. The molecule has 0 fully saturated rings. The van der Waals surface area contributed by atoms with E-state index in [-0.39, 0.29) is 23.8 Å². The third-order valence-corrected chi connectivity index (χ3v) is 2.96. The summed E-state index contributed by atoms with van der Waals surface area (Å²) in [5, 5.41) is 11.1. The maximum atomic E-state index is 11.9. The van der Waals surface area contributed by atoms with Gasteiger partial charge in [0.1, 0.15) is 19.0 Å². The zero-order chi connectivity index (χ0) is 14.7. The molecule has 6 nitrogen and oxygen atoms in total. The Bertz CT molecular complexity index is 539. The number of benzene rings is 1. The number of hydrogen-bond acceptors (Lipinski definition) is 5. The molecule has 0 atom stereocenters. The van der Waals surface area contributed by atoms with Crippen LogP contribution >= 0.6 is 0 Å². The molecule has 0 aliphatic carbocycles. The van der Waals surface area contributed by atoms with E-state index >= 15 is 0 Å². The van der Waals surface area contributed by atoms with Gasteiger partial charge >= 0.3 is 0 Å². The molecule has 0 amide bonds. The van der Waals surface area contributed by atoms with E-state index in [2.05, 4.69) is 0 Å². The molecule has 1 heterocycles. The lowest BCUT2D eigenvalue weighted by atomic mass is 9.99. The van der Waals surface area contributed by atoms with Crippen molar-refractivity contribution >= 4 is 11.5 Å². The van der Waals surface area contributed by atoms with Crippen LogP contribution in [0.15, 0.2) is 12.1 Å². The Kier molecular flexibility index (Phi) is 4.22. The molecule has 0 saturated carbocycles. The number of ether oxygens (including phenoxy) is 2. The van der Waals surface area contributed by atoms with Gasteiger partial charge in [-0.15, -0.1) is 0 Å². The summed E-state index contributed by atoms with van der Waals surface area (Å²) in [5.41, 5.74) is 0.288. The SMILES string of the molecule is CC(C)CC(=O)Cc1cc2c(cc1[N+](=O)[O-])OCCO2. The van der Waals surface area contributed by atoms with Gasteiger partial charge in [-0.25, -0.2) is 0 Å². The molecular weight excluding hydrogens is 262 g/mol. The van der Waals surface area contributed by atoms with Crippen molar-refractivity contribution in [3.63, 3.8) is 0 Å². The van der Waals surface area contributed by atoms with Crippen LogP contribution < -0.4 is 9.47 Å². The highest BCUT2D eigenvalue weighted by atomic mass is 16.6. The summed E-state index contributed by atoms with van der Waals surface area (Å²) < 4.78 is 10.7. The molecule has 0 N–H and O–H groups in total. The Morgan fingerprint density at radius 1 is 1.30 bits per heavy atom. The monoisotopic (exact) mass is 279 g/mol. The van der Waals surface area contributed by atoms with Gasteiger partial charge in [-0.1, -0.05) is 13.8 Å². The van der Waals surface area contributed by atoms with Gasteiger partial charge in [0.25, 0.3) is 5.69 Å². The predicted molar refractivity (Wildman–Crippen MR) is 72.3 cm³/mol. The molecule has 0 unspecified atom stereocenters. The van der Waals surface area contributed by atoms with Crippen molar-refractivity contribution in [1.29, 1.82) is 0 Å². The maximum Gasteiger partial charge on any atom is 0.277 e. The van der Waals surface area contributed by atoms with Crippen LogP contribution in [0.3, 0.4) is 0 Å². The molecule has 1 aromatic carbocycles. The van der Waals surface area contributed by atoms with Gasteiger partial charge in [0.05, 0.1) is 11.0 Å². The Labute approximate surface area is 116 Å². The number of hydrogen-bond donors (Lipinski definition) is 0. The molecule has 0 bridgehead atoms. The standard InChI is InChI=1S/C14H17NO5/c1-9(2)5-11(16)6-10-7-13-14(20-4-3-19-13)8-12(10)15(17)18/h7-9H,3-6H2,1-2H3. The van der Waals surface area contributed by atoms with Crippen LogP contribution in [0.25, 0.3) is 0 Å². The molecule has 1 aliphatic heterocycles. The molecular formula is C14H17NO5. The summed E-state index contributed by atoms with van der Waals surface area (Å²) in [6.45, 7) is 4.66. The van der Waals surface area contributed by atoms with Crippen LogP contribution in [0.4, 0.5) is 5.69 Å². The number of ketones is 1. The number of rotatable bonds is 5. The number of carbonyl (C=O) groups excluding carboxylic acids is 1. The highest BCUT2D eigenvalue weighted by molar-refractivity contribution is 5.82. The third kappa shape index (κ3) is 3.26. The van der Waals surface area contributed by atoms with Crippen molar-refractivity contribution in [3.8, 4) is 11.5 Å². The van der Waals surface area contributed by atoms with Crippen LogP contribution in [0.1, 0.15) is 25.8 Å². The summed E-state index contributed by atoms with van der Waals surface area (Å²) in [5.74, 6) is 1.05. The lowest BCUT2D eigenvalue weighted by Gasteiger charge is -2.19. The normalized spacial score (nSPS) is 13.3. The first-order valence-corrected chi connectivity index (χ1v) is 6.56. The molecule has 108 valence electrons. The van der Waals surface area contributed by atoms with Crippen LogP contribution in [-0.2, 0) is 11.2 Å². The zero-order valence-corrected chi connectivity index (χ0v) is 11.5. The first kappa shape index (κ1) is 14.3. The molecule has 6 heteroatoms. The molecule has 1 aliphatic rings. The molecule has 20 heavy (non-hydrogen) atoms. The molecule has 0 spiro atoms. The van der Waals surface area contributed by atoms with Crippen molar-refractivity contribution in [2.24, 2.45) is 5.92 Å². The second kappa shape index (κ2) is 5.90. The van der Waals surface area contributed by atoms with Crippen LogP contribution in [0.2, 0.25) is 0 Å². The average molecular weight is 279 g/mol. The van der Waals surface area contributed by atoms with Crippen molar-refractivity contribution in [3.05, 3.63) is 27.8 Å². The summed E-state index contributed by atoms with van der Waals surface area (Å²) in [4.78, 5) is 22.5. The zero-order valence-electron chi connectivity index (χ0n) is 11.5. The molecule has 0 saturated heterocycles. The Balaban J connectivity index is 2.30. The van der Waals surface area contributed by atoms with Crippen LogP contribution in [0.5, 0.6) is 11.5 Å². The van der Waals surface area contributed by atoms with Crippen LogP contribution in [-0.4, -0.2) is 23.9 Å². The fourth-order valence-electron chi connectivity index (χ4n) is 2.17. The minimum atomic E-state index is -0.490. The fraction of sp³-hybridized carbons (Fsp3) is 0.500.